The first kappa shape index (κ1) is 12.3. The van der Waals surface area contributed by atoms with Crippen molar-refractivity contribution in [2.24, 2.45) is 0 Å². The third kappa shape index (κ3) is 2.54. The predicted octanol–water partition coefficient (Wildman–Crippen LogP) is 2.96. The molecule has 0 saturated carbocycles. The topological polar surface area (TPSA) is 40.8 Å². The summed E-state index contributed by atoms with van der Waals surface area (Å²) < 4.78 is 2.02. The van der Waals surface area contributed by atoms with Crippen molar-refractivity contribution in [3.8, 4) is 6.07 Å². The van der Waals surface area contributed by atoms with E-state index in [4.69, 9.17) is 0 Å². The second-order valence-corrected chi connectivity index (χ2v) is 4.41. The summed E-state index contributed by atoms with van der Waals surface area (Å²) in [6, 6.07) is 16.3. The minimum atomic E-state index is -0.132. The lowest BCUT2D eigenvalue weighted by atomic mass is 10.0. The average molecular weight is 239 g/mol. The largest absolute Gasteiger partial charge is 0.324 e. The van der Waals surface area contributed by atoms with Gasteiger partial charge in [-0.3, -0.25) is 4.68 Å². The number of nitrogens with zero attached hydrogens (tertiary/aromatic N) is 2. The maximum atomic E-state index is 9.25. The van der Waals surface area contributed by atoms with Gasteiger partial charge < -0.3 is 5.43 Å². The lowest BCUT2D eigenvalue weighted by Gasteiger charge is -2.16. The zero-order valence-corrected chi connectivity index (χ0v) is 10.7. The highest BCUT2D eigenvalue weighted by molar-refractivity contribution is 5.26. The standard InChI is InChI=1S/C15H17N3/c1-12-8-9-13(2)18(12)17-11-15(10-16)14-6-4-3-5-7-14/h3-9,15,17H,11H2,1-2H3. The Labute approximate surface area is 108 Å². The number of benzene rings is 1. The van der Waals surface area contributed by atoms with Gasteiger partial charge in [-0.2, -0.15) is 5.26 Å². The molecule has 1 unspecified atom stereocenters. The van der Waals surface area contributed by atoms with Crippen LogP contribution in [0.25, 0.3) is 0 Å². The number of hydrogen-bond acceptors (Lipinski definition) is 2. The molecule has 0 saturated heterocycles. The summed E-state index contributed by atoms with van der Waals surface area (Å²) in [5.74, 6) is -0.132. The zero-order valence-electron chi connectivity index (χ0n) is 10.7. The van der Waals surface area contributed by atoms with E-state index < -0.39 is 0 Å². The molecule has 0 fully saturated rings. The quantitative estimate of drug-likeness (QED) is 0.891. The van der Waals surface area contributed by atoms with E-state index in [1.54, 1.807) is 0 Å². The number of aromatic nitrogens is 1. The molecule has 1 heterocycles. The fourth-order valence-corrected chi connectivity index (χ4v) is 2.02. The molecule has 92 valence electrons. The highest BCUT2D eigenvalue weighted by Crippen LogP contribution is 2.14. The summed E-state index contributed by atoms with van der Waals surface area (Å²) in [4.78, 5) is 0. The normalized spacial score (nSPS) is 11.8. The molecule has 0 aliphatic carbocycles. The van der Waals surface area contributed by atoms with Crippen LogP contribution in [0, 0.1) is 25.2 Å². The van der Waals surface area contributed by atoms with E-state index in [0.717, 1.165) is 17.0 Å². The number of hydrogen-bond donors (Lipinski definition) is 1. The highest BCUT2D eigenvalue weighted by Gasteiger charge is 2.10. The Bertz CT molecular complexity index is 529. The Morgan fingerprint density at radius 1 is 1.11 bits per heavy atom. The maximum absolute atomic E-state index is 9.25. The molecule has 0 aliphatic heterocycles. The van der Waals surface area contributed by atoms with Crippen molar-refractivity contribution in [1.82, 2.24) is 4.68 Å². The van der Waals surface area contributed by atoms with Crippen LogP contribution in [0.5, 0.6) is 0 Å². The van der Waals surface area contributed by atoms with Gasteiger partial charge in [0, 0.05) is 11.4 Å². The Balaban J connectivity index is 2.08. The number of rotatable bonds is 4. The second kappa shape index (κ2) is 5.42. The number of aryl methyl sites for hydroxylation is 2. The smallest absolute Gasteiger partial charge is 0.0901 e. The van der Waals surface area contributed by atoms with E-state index in [9.17, 15) is 5.26 Å². The maximum Gasteiger partial charge on any atom is 0.0901 e. The number of nitriles is 1. The van der Waals surface area contributed by atoms with Crippen molar-refractivity contribution in [1.29, 1.82) is 5.26 Å². The highest BCUT2D eigenvalue weighted by atomic mass is 15.4. The van der Waals surface area contributed by atoms with E-state index in [1.165, 1.54) is 0 Å². The first-order valence-corrected chi connectivity index (χ1v) is 6.05. The molecule has 0 radical (unpaired) electrons. The van der Waals surface area contributed by atoms with E-state index in [0.29, 0.717) is 6.54 Å². The van der Waals surface area contributed by atoms with Crippen LogP contribution in [0.15, 0.2) is 42.5 Å². The van der Waals surface area contributed by atoms with Gasteiger partial charge in [0.2, 0.25) is 0 Å². The van der Waals surface area contributed by atoms with E-state index >= 15 is 0 Å². The van der Waals surface area contributed by atoms with E-state index in [2.05, 4.69) is 23.6 Å². The molecule has 0 aliphatic rings. The Morgan fingerprint density at radius 3 is 2.28 bits per heavy atom. The molecule has 2 aromatic rings. The van der Waals surface area contributed by atoms with Gasteiger partial charge in [0.1, 0.15) is 0 Å². The minimum absolute atomic E-state index is 0.132. The summed E-state index contributed by atoms with van der Waals surface area (Å²) in [7, 11) is 0. The Morgan fingerprint density at radius 2 is 1.72 bits per heavy atom. The Hall–Kier alpha value is -2.21. The number of nitrogens with one attached hydrogen (secondary N) is 1. The van der Waals surface area contributed by atoms with Crippen LogP contribution in [0.1, 0.15) is 22.9 Å². The summed E-state index contributed by atoms with van der Waals surface area (Å²) in [5, 5.41) is 9.25. The van der Waals surface area contributed by atoms with Crippen molar-refractivity contribution < 1.29 is 0 Å². The van der Waals surface area contributed by atoms with Crippen molar-refractivity contribution in [2.45, 2.75) is 19.8 Å². The molecule has 18 heavy (non-hydrogen) atoms. The molecular formula is C15H17N3. The van der Waals surface area contributed by atoms with Gasteiger partial charge in [-0.15, -0.1) is 0 Å². The van der Waals surface area contributed by atoms with Gasteiger partial charge in [-0.1, -0.05) is 30.3 Å². The molecular weight excluding hydrogens is 222 g/mol. The monoisotopic (exact) mass is 239 g/mol. The summed E-state index contributed by atoms with van der Waals surface area (Å²) >= 11 is 0. The van der Waals surface area contributed by atoms with Crippen LogP contribution in [0.3, 0.4) is 0 Å². The molecule has 2 rings (SSSR count). The molecule has 1 aromatic carbocycles. The van der Waals surface area contributed by atoms with Crippen LogP contribution >= 0.6 is 0 Å². The van der Waals surface area contributed by atoms with Crippen LogP contribution < -0.4 is 5.43 Å². The molecule has 1 atom stereocenters. The van der Waals surface area contributed by atoms with E-state index in [1.807, 2.05) is 48.9 Å². The molecule has 1 aromatic heterocycles. The zero-order chi connectivity index (χ0) is 13.0. The van der Waals surface area contributed by atoms with Gasteiger partial charge in [0.15, 0.2) is 0 Å². The van der Waals surface area contributed by atoms with Crippen molar-refractivity contribution in [3.05, 3.63) is 59.4 Å². The first-order chi connectivity index (χ1) is 8.72. The van der Waals surface area contributed by atoms with Gasteiger partial charge in [0.05, 0.1) is 18.5 Å². The van der Waals surface area contributed by atoms with E-state index in [-0.39, 0.29) is 5.92 Å². The summed E-state index contributed by atoms with van der Waals surface area (Å²) in [6.07, 6.45) is 0. The predicted molar refractivity (Wildman–Crippen MR) is 72.9 cm³/mol. The van der Waals surface area contributed by atoms with Crippen molar-refractivity contribution in [3.63, 3.8) is 0 Å². The molecule has 0 spiro atoms. The van der Waals surface area contributed by atoms with Gasteiger partial charge in [-0.25, -0.2) is 0 Å². The van der Waals surface area contributed by atoms with Gasteiger partial charge in [-0.05, 0) is 31.5 Å². The van der Waals surface area contributed by atoms with Crippen molar-refractivity contribution >= 4 is 0 Å². The lowest BCUT2D eigenvalue weighted by molar-refractivity contribution is 0.748. The fourth-order valence-electron chi connectivity index (χ4n) is 2.02. The molecule has 3 heteroatoms. The fraction of sp³-hybridized carbons (Fsp3) is 0.267. The summed E-state index contributed by atoms with van der Waals surface area (Å²) in [6.45, 7) is 4.70. The third-order valence-electron chi connectivity index (χ3n) is 3.08. The SMILES string of the molecule is Cc1ccc(C)n1NCC(C#N)c1ccccc1. The van der Waals surface area contributed by atoms with Gasteiger partial charge in [0.25, 0.3) is 0 Å². The molecule has 0 amide bonds. The lowest BCUT2D eigenvalue weighted by Crippen LogP contribution is -2.22. The van der Waals surface area contributed by atoms with Crippen LogP contribution in [0.4, 0.5) is 0 Å². The van der Waals surface area contributed by atoms with Gasteiger partial charge >= 0.3 is 0 Å². The summed E-state index contributed by atoms with van der Waals surface area (Å²) in [5.41, 5.74) is 6.66. The van der Waals surface area contributed by atoms with Crippen LogP contribution in [-0.4, -0.2) is 11.2 Å². The Kier molecular flexibility index (Phi) is 3.69. The third-order valence-corrected chi connectivity index (χ3v) is 3.08. The van der Waals surface area contributed by atoms with Crippen LogP contribution in [-0.2, 0) is 0 Å². The first-order valence-electron chi connectivity index (χ1n) is 6.05. The molecule has 1 N–H and O–H groups in total. The average Bonchev–Trinajstić information content (AvgIpc) is 2.72. The molecule has 3 nitrogen and oxygen atoms in total. The molecule has 0 bridgehead atoms. The van der Waals surface area contributed by atoms with Crippen molar-refractivity contribution in [2.75, 3.05) is 12.0 Å². The van der Waals surface area contributed by atoms with Crippen LogP contribution in [0.2, 0.25) is 0 Å². The minimum Gasteiger partial charge on any atom is -0.324 e. The second-order valence-electron chi connectivity index (χ2n) is 4.41.